The molecule has 1 atom stereocenters. The Labute approximate surface area is 135 Å². The van der Waals surface area contributed by atoms with Crippen LogP contribution in [0.4, 0.5) is 11.4 Å². The molecule has 1 heterocycles. The molecule has 0 saturated carbocycles. The third-order valence-electron chi connectivity index (χ3n) is 4.14. The fraction of sp³-hybridized carbons (Fsp3) is 0.571. The molecular formula is C14H22N4O4S. The van der Waals surface area contributed by atoms with Crippen LogP contribution in [0.5, 0.6) is 0 Å². The van der Waals surface area contributed by atoms with E-state index in [1.165, 1.54) is 19.2 Å². The minimum atomic E-state index is -3.71. The standard InChI is InChI=1S/C14H22N4O4S/c1-14(6-3-7-16-9-14)10-17-12-5-4-11(23(21,22)15-2)8-13(12)18(19)20/h4-5,8,15-17H,3,6-7,9-10H2,1-2H3. The van der Waals surface area contributed by atoms with E-state index in [1.54, 1.807) is 0 Å². The first-order valence-electron chi connectivity index (χ1n) is 7.44. The zero-order valence-corrected chi connectivity index (χ0v) is 14.1. The van der Waals surface area contributed by atoms with E-state index < -0.39 is 14.9 Å². The number of benzene rings is 1. The summed E-state index contributed by atoms with van der Waals surface area (Å²) in [6, 6.07) is 3.89. The molecule has 0 amide bonds. The second kappa shape index (κ2) is 6.81. The van der Waals surface area contributed by atoms with E-state index in [9.17, 15) is 18.5 Å². The van der Waals surface area contributed by atoms with Crippen LogP contribution in [0, 0.1) is 15.5 Å². The van der Waals surface area contributed by atoms with E-state index in [2.05, 4.69) is 22.3 Å². The molecule has 9 heteroatoms. The molecule has 2 rings (SSSR count). The SMILES string of the molecule is CNS(=O)(=O)c1ccc(NCC2(C)CCCNC2)c([N+](=O)[O-])c1. The molecule has 8 nitrogen and oxygen atoms in total. The Balaban J connectivity index is 2.23. The predicted molar refractivity (Wildman–Crippen MR) is 88.0 cm³/mol. The maximum Gasteiger partial charge on any atom is 0.293 e. The number of piperidine rings is 1. The van der Waals surface area contributed by atoms with Crippen LogP contribution in [0.3, 0.4) is 0 Å². The Kier molecular flexibility index (Phi) is 5.23. The minimum Gasteiger partial charge on any atom is -0.379 e. The number of nitrogens with zero attached hydrogens (tertiary/aromatic N) is 1. The van der Waals surface area contributed by atoms with Gasteiger partial charge in [-0.05, 0) is 44.0 Å². The van der Waals surface area contributed by atoms with Gasteiger partial charge in [0.05, 0.1) is 9.82 Å². The van der Waals surface area contributed by atoms with Gasteiger partial charge >= 0.3 is 0 Å². The highest BCUT2D eigenvalue weighted by Crippen LogP contribution is 2.30. The second-order valence-corrected chi connectivity index (χ2v) is 7.97. The molecule has 1 aliphatic rings. The number of rotatable bonds is 6. The van der Waals surface area contributed by atoms with Crippen molar-refractivity contribution in [2.45, 2.75) is 24.7 Å². The van der Waals surface area contributed by atoms with Gasteiger partial charge in [-0.25, -0.2) is 13.1 Å². The predicted octanol–water partition coefficient (Wildman–Crippen LogP) is 1.30. The van der Waals surface area contributed by atoms with E-state index in [1.807, 2.05) is 0 Å². The third-order valence-corrected chi connectivity index (χ3v) is 5.55. The van der Waals surface area contributed by atoms with Crippen LogP contribution in [0.25, 0.3) is 0 Å². The molecule has 3 N–H and O–H groups in total. The number of hydrogen-bond acceptors (Lipinski definition) is 6. The van der Waals surface area contributed by atoms with Gasteiger partial charge in [-0.3, -0.25) is 10.1 Å². The highest BCUT2D eigenvalue weighted by Gasteiger charge is 2.28. The van der Waals surface area contributed by atoms with Crippen LogP contribution in [0.1, 0.15) is 19.8 Å². The average molecular weight is 342 g/mol. The van der Waals surface area contributed by atoms with E-state index in [0.717, 1.165) is 32.0 Å². The largest absolute Gasteiger partial charge is 0.379 e. The molecule has 128 valence electrons. The lowest BCUT2D eigenvalue weighted by Gasteiger charge is -2.34. The van der Waals surface area contributed by atoms with Crippen molar-refractivity contribution in [2.75, 3.05) is 32.0 Å². The Morgan fingerprint density at radius 1 is 1.43 bits per heavy atom. The van der Waals surface area contributed by atoms with E-state index in [0.29, 0.717) is 12.2 Å². The van der Waals surface area contributed by atoms with Gasteiger partial charge < -0.3 is 10.6 Å². The Morgan fingerprint density at radius 2 is 2.17 bits per heavy atom. The number of nitro groups is 1. The molecule has 0 radical (unpaired) electrons. The summed E-state index contributed by atoms with van der Waals surface area (Å²) in [4.78, 5) is 10.6. The summed E-state index contributed by atoms with van der Waals surface area (Å²) in [5.74, 6) is 0. The Bertz CT molecular complexity index is 684. The van der Waals surface area contributed by atoms with Gasteiger partial charge in [0.1, 0.15) is 5.69 Å². The first-order valence-corrected chi connectivity index (χ1v) is 8.92. The smallest absolute Gasteiger partial charge is 0.293 e. The molecule has 0 bridgehead atoms. The highest BCUT2D eigenvalue weighted by atomic mass is 32.2. The van der Waals surface area contributed by atoms with Gasteiger partial charge in [-0.15, -0.1) is 0 Å². The van der Waals surface area contributed by atoms with Crippen molar-refractivity contribution in [3.05, 3.63) is 28.3 Å². The Hall–Kier alpha value is -1.71. The van der Waals surface area contributed by atoms with Gasteiger partial charge in [-0.1, -0.05) is 6.92 Å². The van der Waals surface area contributed by atoms with Crippen LogP contribution >= 0.6 is 0 Å². The number of hydrogen-bond donors (Lipinski definition) is 3. The topological polar surface area (TPSA) is 113 Å². The third kappa shape index (κ3) is 4.18. The molecule has 1 fully saturated rings. The van der Waals surface area contributed by atoms with Gasteiger partial charge in [0.15, 0.2) is 0 Å². The second-order valence-electron chi connectivity index (χ2n) is 6.09. The minimum absolute atomic E-state index is 0.0157. The molecule has 0 spiro atoms. The summed E-state index contributed by atoms with van der Waals surface area (Å²) in [7, 11) is -2.44. The number of nitrogens with one attached hydrogen (secondary N) is 3. The lowest BCUT2D eigenvalue weighted by Crippen LogP contribution is -2.42. The zero-order valence-electron chi connectivity index (χ0n) is 13.3. The summed E-state index contributed by atoms with van der Waals surface area (Å²) >= 11 is 0. The van der Waals surface area contributed by atoms with Gasteiger partial charge in [-0.2, -0.15) is 0 Å². The molecular weight excluding hydrogens is 320 g/mol. The van der Waals surface area contributed by atoms with Crippen molar-refractivity contribution < 1.29 is 13.3 Å². The monoisotopic (exact) mass is 342 g/mol. The summed E-state index contributed by atoms with van der Waals surface area (Å²) in [6.07, 6.45) is 2.10. The molecule has 1 aromatic carbocycles. The number of anilines is 1. The van der Waals surface area contributed by atoms with E-state index in [4.69, 9.17) is 0 Å². The summed E-state index contributed by atoms with van der Waals surface area (Å²) in [5.41, 5.74) is 0.104. The van der Waals surface area contributed by atoms with Gasteiger partial charge in [0, 0.05) is 19.2 Å². The molecule has 1 saturated heterocycles. The van der Waals surface area contributed by atoms with Crippen molar-refractivity contribution in [3.8, 4) is 0 Å². The van der Waals surface area contributed by atoms with Crippen molar-refractivity contribution in [1.29, 1.82) is 0 Å². The molecule has 0 aliphatic carbocycles. The fourth-order valence-corrected chi connectivity index (χ4v) is 3.42. The molecule has 1 unspecified atom stereocenters. The summed E-state index contributed by atoms with van der Waals surface area (Å²) in [5, 5.41) is 17.7. The van der Waals surface area contributed by atoms with Crippen molar-refractivity contribution in [2.24, 2.45) is 5.41 Å². The molecule has 23 heavy (non-hydrogen) atoms. The van der Waals surface area contributed by atoms with Crippen LogP contribution in [-0.2, 0) is 10.0 Å². The summed E-state index contributed by atoms with van der Waals surface area (Å²) < 4.78 is 25.7. The molecule has 1 aliphatic heterocycles. The normalized spacial score (nSPS) is 21.8. The number of nitro benzene ring substituents is 1. The maximum absolute atomic E-state index is 11.8. The first kappa shape index (κ1) is 17.6. The molecule has 1 aromatic rings. The average Bonchev–Trinajstić information content (AvgIpc) is 2.53. The van der Waals surface area contributed by atoms with Crippen LogP contribution in [-0.4, -0.2) is 40.0 Å². The summed E-state index contributed by atoms with van der Waals surface area (Å²) in [6.45, 7) is 4.54. The van der Waals surface area contributed by atoms with Gasteiger partial charge in [0.25, 0.3) is 5.69 Å². The van der Waals surface area contributed by atoms with Gasteiger partial charge in [0.2, 0.25) is 10.0 Å². The quantitative estimate of drug-likeness (QED) is 0.530. The highest BCUT2D eigenvalue weighted by molar-refractivity contribution is 7.89. The number of sulfonamides is 1. The Morgan fingerprint density at radius 3 is 2.74 bits per heavy atom. The maximum atomic E-state index is 11.8. The fourth-order valence-electron chi connectivity index (χ4n) is 2.68. The first-order chi connectivity index (χ1) is 10.8. The lowest BCUT2D eigenvalue weighted by atomic mass is 9.83. The van der Waals surface area contributed by atoms with Crippen molar-refractivity contribution in [1.82, 2.24) is 10.0 Å². The van der Waals surface area contributed by atoms with Crippen molar-refractivity contribution >= 4 is 21.4 Å². The van der Waals surface area contributed by atoms with Crippen LogP contribution < -0.4 is 15.4 Å². The lowest BCUT2D eigenvalue weighted by molar-refractivity contribution is -0.384. The van der Waals surface area contributed by atoms with E-state index >= 15 is 0 Å². The van der Waals surface area contributed by atoms with Crippen molar-refractivity contribution in [3.63, 3.8) is 0 Å². The van der Waals surface area contributed by atoms with Crippen LogP contribution in [0.2, 0.25) is 0 Å². The zero-order chi connectivity index (χ0) is 17.1. The van der Waals surface area contributed by atoms with E-state index in [-0.39, 0.29) is 16.0 Å². The van der Waals surface area contributed by atoms with Crippen LogP contribution in [0.15, 0.2) is 23.1 Å². The molecule has 0 aromatic heterocycles.